The van der Waals surface area contributed by atoms with Crippen LogP contribution in [-0.4, -0.2) is 22.3 Å². The summed E-state index contributed by atoms with van der Waals surface area (Å²) < 4.78 is 41.2. The second kappa shape index (κ2) is 8.13. The monoisotopic (exact) mass is 426 g/mol. The van der Waals surface area contributed by atoms with E-state index in [-0.39, 0.29) is 24.9 Å². The van der Waals surface area contributed by atoms with Gasteiger partial charge in [0, 0.05) is 12.5 Å². The predicted molar refractivity (Wildman–Crippen MR) is 114 cm³/mol. The third-order valence-electron chi connectivity index (χ3n) is 5.67. The molecule has 2 heterocycles. The molecule has 0 N–H and O–H groups in total. The Kier molecular flexibility index (Phi) is 5.52. The number of hydrogen-bond donors (Lipinski definition) is 0. The number of rotatable bonds is 6. The van der Waals surface area contributed by atoms with E-state index in [2.05, 4.69) is 31.0 Å². The topological polar surface area (TPSA) is 53.4 Å². The van der Waals surface area contributed by atoms with Crippen molar-refractivity contribution in [3.05, 3.63) is 75.7 Å². The minimum Gasteiger partial charge on any atom is -0.490 e. The van der Waals surface area contributed by atoms with Crippen LogP contribution in [0.15, 0.2) is 53.3 Å². The van der Waals surface area contributed by atoms with Gasteiger partial charge in [0.1, 0.15) is 12.4 Å². The minimum atomic E-state index is -3.13. The van der Waals surface area contributed by atoms with E-state index >= 15 is 0 Å². The number of alkyl halides is 2. The van der Waals surface area contributed by atoms with Gasteiger partial charge < -0.3 is 9.47 Å². The molecule has 1 aromatic heterocycles. The Morgan fingerprint density at radius 3 is 2.65 bits per heavy atom. The fourth-order valence-corrected chi connectivity index (χ4v) is 3.70. The SMILES string of the molecule is CCC(F)(F)c1cc(=O)nc2n1C[C@@H](COc1ccc(-c3cccc(C)c3C)cc1)O2. The van der Waals surface area contributed by atoms with Crippen molar-refractivity contribution >= 4 is 0 Å². The number of benzene rings is 2. The average molecular weight is 426 g/mol. The molecule has 0 fully saturated rings. The second-order valence-electron chi connectivity index (χ2n) is 7.75. The van der Waals surface area contributed by atoms with Crippen LogP contribution >= 0.6 is 0 Å². The summed E-state index contributed by atoms with van der Waals surface area (Å²) in [4.78, 5) is 15.4. The van der Waals surface area contributed by atoms with Gasteiger partial charge in [0.2, 0.25) is 0 Å². The molecular formula is C24H24F2N2O3. The zero-order valence-corrected chi connectivity index (χ0v) is 17.7. The summed E-state index contributed by atoms with van der Waals surface area (Å²) in [6.07, 6.45) is -0.927. The lowest BCUT2D eigenvalue weighted by atomic mass is 9.97. The number of halogens is 2. The van der Waals surface area contributed by atoms with E-state index < -0.39 is 24.0 Å². The van der Waals surface area contributed by atoms with Gasteiger partial charge >= 0.3 is 6.01 Å². The van der Waals surface area contributed by atoms with Gasteiger partial charge in [-0.15, -0.1) is 0 Å². The summed E-state index contributed by atoms with van der Waals surface area (Å²) in [5.74, 6) is -2.48. The van der Waals surface area contributed by atoms with E-state index in [9.17, 15) is 13.6 Å². The molecule has 0 unspecified atom stereocenters. The van der Waals surface area contributed by atoms with Crippen LogP contribution in [0.3, 0.4) is 0 Å². The fourth-order valence-electron chi connectivity index (χ4n) is 3.70. The molecule has 2 aromatic carbocycles. The zero-order chi connectivity index (χ0) is 22.2. The molecule has 1 atom stereocenters. The van der Waals surface area contributed by atoms with Crippen LogP contribution in [-0.2, 0) is 12.5 Å². The van der Waals surface area contributed by atoms with Gasteiger partial charge in [-0.3, -0.25) is 9.36 Å². The summed E-state index contributed by atoms with van der Waals surface area (Å²) in [5.41, 5.74) is 3.61. The van der Waals surface area contributed by atoms with Crippen molar-refractivity contribution in [2.75, 3.05) is 6.61 Å². The van der Waals surface area contributed by atoms with Crippen LogP contribution in [0.4, 0.5) is 8.78 Å². The number of aryl methyl sites for hydroxylation is 1. The third kappa shape index (κ3) is 4.17. The van der Waals surface area contributed by atoms with Gasteiger partial charge in [-0.25, -0.2) is 0 Å². The minimum absolute atomic E-state index is 0.0884. The molecule has 1 aliphatic rings. The Balaban J connectivity index is 1.45. The van der Waals surface area contributed by atoms with Crippen LogP contribution in [0.25, 0.3) is 11.1 Å². The Morgan fingerprint density at radius 1 is 1.19 bits per heavy atom. The molecule has 162 valence electrons. The van der Waals surface area contributed by atoms with Crippen LogP contribution in [0.2, 0.25) is 0 Å². The highest BCUT2D eigenvalue weighted by molar-refractivity contribution is 5.68. The molecule has 0 spiro atoms. The lowest BCUT2D eigenvalue weighted by molar-refractivity contribution is -0.0169. The fraction of sp³-hybridized carbons (Fsp3) is 0.333. The quantitative estimate of drug-likeness (QED) is 0.564. The molecule has 0 radical (unpaired) electrons. The molecule has 0 saturated carbocycles. The highest BCUT2D eigenvalue weighted by Gasteiger charge is 2.37. The van der Waals surface area contributed by atoms with Crippen LogP contribution in [0.1, 0.15) is 30.2 Å². The van der Waals surface area contributed by atoms with E-state index in [0.29, 0.717) is 5.75 Å². The first-order chi connectivity index (χ1) is 14.8. The number of nitrogens with zero attached hydrogens (tertiary/aromatic N) is 2. The molecular weight excluding hydrogens is 402 g/mol. The molecule has 0 aliphatic carbocycles. The second-order valence-corrected chi connectivity index (χ2v) is 7.75. The van der Waals surface area contributed by atoms with Crippen molar-refractivity contribution in [1.82, 2.24) is 9.55 Å². The summed E-state index contributed by atoms with van der Waals surface area (Å²) in [6, 6.07) is 14.7. The molecule has 5 nitrogen and oxygen atoms in total. The van der Waals surface area contributed by atoms with Gasteiger partial charge in [-0.2, -0.15) is 13.8 Å². The van der Waals surface area contributed by atoms with Crippen molar-refractivity contribution in [2.45, 2.75) is 45.8 Å². The van der Waals surface area contributed by atoms with Crippen LogP contribution in [0.5, 0.6) is 11.8 Å². The highest BCUT2D eigenvalue weighted by Crippen LogP contribution is 2.34. The Hall–Kier alpha value is -3.22. The van der Waals surface area contributed by atoms with Gasteiger partial charge in [0.15, 0.2) is 6.10 Å². The van der Waals surface area contributed by atoms with Gasteiger partial charge in [0.25, 0.3) is 11.5 Å². The summed E-state index contributed by atoms with van der Waals surface area (Å²) in [5, 5.41) is 0. The maximum absolute atomic E-state index is 14.3. The van der Waals surface area contributed by atoms with Crippen molar-refractivity contribution in [3.8, 4) is 22.9 Å². The molecule has 0 saturated heterocycles. The summed E-state index contributed by atoms with van der Waals surface area (Å²) >= 11 is 0. The van der Waals surface area contributed by atoms with Crippen LogP contribution in [0, 0.1) is 13.8 Å². The Morgan fingerprint density at radius 2 is 1.94 bits per heavy atom. The molecule has 1 aliphatic heterocycles. The Bertz CT molecular complexity index is 1160. The van der Waals surface area contributed by atoms with Gasteiger partial charge in [0.05, 0.1) is 12.2 Å². The van der Waals surface area contributed by atoms with E-state index in [4.69, 9.17) is 9.47 Å². The van der Waals surface area contributed by atoms with E-state index in [1.54, 1.807) is 0 Å². The van der Waals surface area contributed by atoms with Gasteiger partial charge in [-0.05, 0) is 48.2 Å². The number of fused-ring (bicyclic) bond motifs is 1. The molecule has 4 rings (SSSR count). The Labute approximate surface area is 179 Å². The lowest BCUT2D eigenvalue weighted by Crippen LogP contribution is -2.25. The van der Waals surface area contributed by atoms with Crippen molar-refractivity contribution in [3.63, 3.8) is 0 Å². The van der Waals surface area contributed by atoms with Crippen molar-refractivity contribution in [1.29, 1.82) is 0 Å². The van der Waals surface area contributed by atoms with Crippen molar-refractivity contribution in [2.24, 2.45) is 0 Å². The summed E-state index contributed by atoms with van der Waals surface area (Å²) in [6.45, 7) is 5.85. The normalized spacial score (nSPS) is 15.5. The zero-order valence-electron chi connectivity index (χ0n) is 17.7. The number of aromatic nitrogens is 2. The lowest BCUT2D eigenvalue weighted by Gasteiger charge is -2.17. The third-order valence-corrected chi connectivity index (χ3v) is 5.67. The standard InChI is InChI=1S/C24H24F2N2O3/c1-4-24(25,26)21-12-22(29)27-23-28(21)13-19(31-23)14-30-18-10-8-17(9-11-18)20-7-5-6-15(2)16(20)3/h5-12,19H,4,13-14H2,1-3H3/t19-/m0/s1. The first-order valence-electron chi connectivity index (χ1n) is 10.2. The first-order valence-corrected chi connectivity index (χ1v) is 10.2. The molecule has 7 heteroatoms. The molecule has 3 aromatic rings. The maximum Gasteiger partial charge on any atom is 0.300 e. The predicted octanol–water partition coefficient (Wildman–Crippen LogP) is 4.87. The first kappa shape index (κ1) is 21.0. The number of hydrogen-bond acceptors (Lipinski definition) is 4. The van der Waals surface area contributed by atoms with Gasteiger partial charge in [-0.1, -0.05) is 37.3 Å². The van der Waals surface area contributed by atoms with E-state index in [0.717, 1.165) is 11.6 Å². The summed E-state index contributed by atoms with van der Waals surface area (Å²) in [7, 11) is 0. The van der Waals surface area contributed by atoms with Crippen molar-refractivity contribution < 1.29 is 18.3 Å². The molecule has 31 heavy (non-hydrogen) atoms. The van der Waals surface area contributed by atoms with E-state index in [1.165, 1.54) is 28.2 Å². The van der Waals surface area contributed by atoms with E-state index in [1.807, 2.05) is 30.3 Å². The number of ether oxygens (including phenoxy) is 2. The smallest absolute Gasteiger partial charge is 0.300 e. The van der Waals surface area contributed by atoms with Crippen LogP contribution < -0.4 is 15.0 Å². The maximum atomic E-state index is 14.3. The highest BCUT2D eigenvalue weighted by atomic mass is 19.3. The molecule has 0 bridgehead atoms. The molecule has 0 amide bonds. The average Bonchev–Trinajstić information content (AvgIpc) is 3.16. The largest absolute Gasteiger partial charge is 0.490 e.